The quantitative estimate of drug-likeness (QED) is 0.696. The van der Waals surface area contributed by atoms with E-state index in [1.54, 1.807) is 0 Å². The van der Waals surface area contributed by atoms with E-state index in [2.05, 4.69) is 0 Å². The number of imide groups is 1. The molecule has 13 heavy (non-hydrogen) atoms. The first kappa shape index (κ1) is 10.3. The monoisotopic (exact) mass is 204 g/mol. The molecular formula is C8H13ClN2O2. The third-order valence-electron chi connectivity index (χ3n) is 2.27. The second-order valence-corrected chi connectivity index (χ2v) is 3.52. The van der Waals surface area contributed by atoms with Gasteiger partial charge in [0, 0.05) is 18.3 Å². The van der Waals surface area contributed by atoms with Crippen molar-refractivity contribution in [2.45, 2.75) is 19.3 Å². The first-order chi connectivity index (χ1) is 6.16. The van der Waals surface area contributed by atoms with Gasteiger partial charge in [0.15, 0.2) is 0 Å². The molecule has 1 aliphatic heterocycles. The fourth-order valence-electron chi connectivity index (χ4n) is 1.55. The number of carbonyl (C=O) groups is 2. The number of nitrogens with zero attached hydrogens (tertiary/aromatic N) is 1. The van der Waals surface area contributed by atoms with Gasteiger partial charge in [-0.25, -0.2) is 4.79 Å². The van der Waals surface area contributed by atoms with Crippen LogP contribution in [0.5, 0.6) is 0 Å². The normalized spacial score (nSPS) is 22.4. The minimum Gasteiger partial charge on any atom is -0.351 e. The van der Waals surface area contributed by atoms with Gasteiger partial charge >= 0.3 is 6.03 Å². The van der Waals surface area contributed by atoms with Crippen molar-refractivity contribution in [3.8, 4) is 0 Å². The molecular weight excluding hydrogens is 192 g/mol. The second kappa shape index (κ2) is 4.46. The summed E-state index contributed by atoms with van der Waals surface area (Å²) in [7, 11) is 0. The van der Waals surface area contributed by atoms with Gasteiger partial charge in [-0.1, -0.05) is 0 Å². The van der Waals surface area contributed by atoms with Crippen molar-refractivity contribution in [2.24, 2.45) is 11.7 Å². The Morgan fingerprint density at radius 2 is 2.38 bits per heavy atom. The van der Waals surface area contributed by atoms with Crippen molar-refractivity contribution in [3.05, 3.63) is 0 Å². The van der Waals surface area contributed by atoms with Gasteiger partial charge < -0.3 is 5.73 Å². The third-order valence-corrected chi connectivity index (χ3v) is 2.54. The summed E-state index contributed by atoms with van der Waals surface area (Å²) in [4.78, 5) is 23.3. The van der Waals surface area contributed by atoms with Gasteiger partial charge in [-0.05, 0) is 19.3 Å². The number of halogens is 1. The Morgan fingerprint density at radius 1 is 1.69 bits per heavy atom. The van der Waals surface area contributed by atoms with E-state index in [0.29, 0.717) is 12.4 Å². The van der Waals surface area contributed by atoms with Crippen LogP contribution < -0.4 is 5.73 Å². The molecule has 5 heteroatoms. The molecule has 0 radical (unpaired) electrons. The van der Waals surface area contributed by atoms with Crippen LogP contribution >= 0.6 is 11.6 Å². The van der Waals surface area contributed by atoms with Crippen LogP contribution in [0.3, 0.4) is 0 Å². The smallest absolute Gasteiger partial charge is 0.321 e. The van der Waals surface area contributed by atoms with Crippen molar-refractivity contribution >= 4 is 23.5 Å². The lowest BCUT2D eigenvalue weighted by Crippen LogP contribution is -2.37. The van der Waals surface area contributed by atoms with E-state index in [1.165, 1.54) is 0 Å². The first-order valence-corrected chi connectivity index (χ1v) is 4.87. The van der Waals surface area contributed by atoms with Crippen molar-refractivity contribution in [2.75, 3.05) is 12.4 Å². The lowest BCUT2D eigenvalue weighted by molar-refractivity contribution is -0.128. The number of amides is 3. The highest BCUT2D eigenvalue weighted by Crippen LogP contribution is 2.22. The largest absolute Gasteiger partial charge is 0.351 e. The number of nitrogens with two attached hydrogens (primary N) is 1. The summed E-state index contributed by atoms with van der Waals surface area (Å²) < 4.78 is 0. The van der Waals surface area contributed by atoms with E-state index in [9.17, 15) is 9.59 Å². The molecule has 0 aliphatic carbocycles. The van der Waals surface area contributed by atoms with Crippen LogP contribution in [0.4, 0.5) is 4.79 Å². The van der Waals surface area contributed by atoms with Gasteiger partial charge in [-0.15, -0.1) is 11.6 Å². The lowest BCUT2D eigenvalue weighted by Gasteiger charge is -2.10. The number of carbonyl (C=O) groups excluding carboxylic acids is 2. The molecule has 3 amide bonds. The fraction of sp³-hybridized carbons (Fsp3) is 0.750. The number of primary amides is 1. The molecule has 1 atom stereocenters. The molecule has 0 aromatic heterocycles. The summed E-state index contributed by atoms with van der Waals surface area (Å²) in [6.07, 6.45) is 2.29. The number of hydrogen-bond acceptors (Lipinski definition) is 2. The Labute approximate surface area is 82.0 Å². The van der Waals surface area contributed by atoms with Crippen LogP contribution in [0.25, 0.3) is 0 Å². The van der Waals surface area contributed by atoms with Crippen molar-refractivity contribution < 1.29 is 9.59 Å². The van der Waals surface area contributed by atoms with Gasteiger partial charge in [-0.2, -0.15) is 0 Å². The Morgan fingerprint density at radius 3 is 2.85 bits per heavy atom. The van der Waals surface area contributed by atoms with E-state index < -0.39 is 6.03 Å². The first-order valence-electron chi connectivity index (χ1n) is 4.33. The topological polar surface area (TPSA) is 63.4 Å². The van der Waals surface area contributed by atoms with Crippen LogP contribution in [0.15, 0.2) is 0 Å². The summed E-state index contributed by atoms with van der Waals surface area (Å²) in [5, 5.41) is 0. The molecule has 0 aromatic rings. The molecule has 0 aromatic carbocycles. The second-order valence-electron chi connectivity index (χ2n) is 3.14. The molecule has 1 aliphatic rings. The maximum atomic E-state index is 11.4. The van der Waals surface area contributed by atoms with E-state index in [4.69, 9.17) is 17.3 Å². The molecule has 74 valence electrons. The van der Waals surface area contributed by atoms with Gasteiger partial charge in [0.25, 0.3) is 0 Å². The minimum atomic E-state index is -0.640. The van der Waals surface area contributed by atoms with E-state index >= 15 is 0 Å². The van der Waals surface area contributed by atoms with E-state index in [0.717, 1.165) is 24.2 Å². The highest BCUT2D eigenvalue weighted by Gasteiger charge is 2.33. The van der Waals surface area contributed by atoms with Crippen LogP contribution in [0.2, 0.25) is 0 Å². The average Bonchev–Trinajstić information content (AvgIpc) is 2.43. The van der Waals surface area contributed by atoms with Crippen LogP contribution in [0, 0.1) is 5.92 Å². The Hall–Kier alpha value is -0.770. The Bertz CT molecular complexity index is 220. The van der Waals surface area contributed by atoms with Crippen LogP contribution in [-0.4, -0.2) is 29.3 Å². The maximum absolute atomic E-state index is 11.4. The predicted molar refractivity (Wildman–Crippen MR) is 49.4 cm³/mol. The van der Waals surface area contributed by atoms with Gasteiger partial charge in [0.2, 0.25) is 5.91 Å². The summed E-state index contributed by atoms with van der Waals surface area (Å²) in [6.45, 7) is 0.459. The fourth-order valence-corrected chi connectivity index (χ4v) is 1.70. The average molecular weight is 205 g/mol. The zero-order chi connectivity index (χ0) is 9.84. The zero-order valence-corrected chi connectivity index (χ0v) is 8.09. The van der Waals surface area contributed by atoms with Gasteiger partial charge in [0.05, 0.1) is 0 Å². The van der Waals surface area contributed by atoms with Gasteiger partial charge in [-0.3, -0.25) is 9.69 Å². The van der Waals surface area contributed by atoms with Crippen molar-refractivity contribution in [1.29, 1.82) is 0 Å². The molecule has 0 spiro atoms. The molecule has 0 saturated carbocycles. The molecule has 1 saturated heterocycles. The van der Waals surface area contributed by atoms with E-state index in [1.807, 2.05) is 0 Å². The minimum absolute atomic E-state index is 0.0498. The van der Waals surface area contributed by atoms with Gasteiger partial charge in [0.1, 0.15) is 0 Å². The zero-order valence-electron chi connectivity index (χ0n) is 7.33. The number of rotatable bonds is 3. The molecule has 4 nitrogen and oxygen atoms in total. The molecule has 1 rings (SSSR count). The van der Waals surface area contributed by atoms with Crippen LogP contribution in [-0.2, 0) is 4.79 Å². The predicted octanol–water partition coefficient (Wildman–Crippen LogP) is 0.933. The van der Waals surface area contributed by atoms with Crippen molar-refractivity contribution in [3.63, 3.8) is 0 Å². The number of likely N-dealkylation sites (tertiary alicyclic amines) is 1. The Balaban J connectivity index is 2.45. The number of hydrogen-bond donors (Lipinski definition) is 1. The maximum Gasteiger partial charge on any atom is 0.321 e. The highest BCUT2D eigenvalue weighted by molar-refractivity contribution is 6.17. The third kappa shape index (κ3) is 2.34. The molecule has 1 unspecified atom stereocenters. The lowest BCUT2D eigenvalue weighted by atomic mass is 10.0. The van der Waals surface area contributed by atoms with Crippen molar-refractivity contribution in [1.82, 2.24) is 4.90 Å². The molecule has 1 fully saturated rings. The van der Waals surface area contributed by atoms with Crippen LogP contribution in [0.1, 0.15) is 19.3 Å². The summed E-state index contributed by atoms with van der Waals surface area (Å²) >= 11 is 5.51. The SMILES string of the molecule is NC(=O)N1CCC(CCCCl)C1=O. The number of urea groups is 1. The van der Waals surface area contributed by atoms with E-state index in [-0.39, 0.29) is 11.8 Å². The highest BCUT2D eigenvalue weighted by atomic mass is 35.5. The summed E-state index contributed by atoms with van der Waals surface area (Å²) in [5.41, 5.74) is 5.02. The number of alkyl halides is 1. The summed E-state index contributed by atoms with van der Waals surface area (Å²) in [5.74, 6) is 0.365. The standard InChI is InChI=1S/C8H13ClN2O2/c9-4-1-2-6-3-5-11(7(6)12)8(10)13/h6H,1-5H2,(H2,10,13). The molecule has 1 heterocycles. The summed E-state index contributed by atoms with van der Waals surface area (Å²) in [6, 6.07) is -0.640. The molecule has 0 bridgehead atoms. The Kier molecular flexibility index (Phi) is 3.54. The molecule has 2 N–H and O–H groups in total.